The van der Waals surface area contributed by atoms with Gasteiger partial charge in [0.05, 0.1) is 18.0 Å². The zero-order chi connectivity index (χ0) is 13.3. The maximum absolute atomic E-state index is 11.3. The topological polar surface area (TPSA) is 55.4 Å². The van der Waals surface area contributed by atoms with Crippen molar-refractivity contribution in [2.45, 2.75) is 38.7 Å². The molecule has 0 atom stereocenters. The molecule has 0 aliphatic heterocycles. The van der Waals surface area contributed by atoms with Crippen molar-refractivity contribution in [2.24, 2.45) is 0 Å². The van der Waals surface area contributed by atoms with E-state index in [4.69, 9.17) is 4.74 Å². The third-order valence-electron chi connectivity index (χ3n) is 2.73. The first-order chi connectivity index (χ1) is 8.33. The summed E-state index contributed by atoms with van der Waals surface area (Å²) in [5, 5.41) is 0. The van der Waals surface area contributed by atoms with E-state index in [2.05, 4.69) is 18.6 Å². The van der Waals surface area contributed by atoms with Crippen LogP contribution in [-0.4, -0.2) is 20.8 Å². The molecular formula is C13H19NO3S. The number of anilines is 1. The van der Waals surface area contributed by atoms with Crippen molar-refractivity contribution in [3.8, 4) is 5.75 Å². The largest absolute Gasteiger partial charge is 0.490 e. The highest BCUT2D eigenvalue weighted by Crippen LogP contribution is 2.31. The van der Waals surface area contributed by atoms with E-state index in [0.29, 0.717) is 17.7 Å². The Hall–Kier alpha value is -1.23. The van der Waals surface area contributed by atoms with Crippen LogP contribution in [-0.2, 0) is 10.0 Å². The van der Waals surface area contributed by atoms with Crippen LogP contribution in [0.3, 0.4) is 0 Å². The van der Waals surface area contributed by atoms with E-state index in [0.717, 1.165) is 30.4 Å². The lowest BCUT2D eigenvalue weighted by Crippen LogP contribution is -2.10. The fourth-order valence-corrected chi connectivity index (χ4v) is 2.22. The van der Waals surface area contributed by atoms with Crippen LogP contribution in [0.25, 0.3) is 0 Å². The highest BCUT2D eigenvalue weighted by atomic mass is 32.2. The van der Waals surface area contributed by atoms with Crippen LogP contribution < -0.4 is 9.46 Å². The summed E-state index contributed by atoms with van der Waals surface area (Å²) in [6.45, 7) is 4.14. The Morgan fingerprint density at radius 2 is 1.94 bits per heavy atom. The number of nitrogens with one attached hydrogen (secondary N) is 1. The Morgan fingerprint density at radius 3 is 2.44 bits per heavy atom. The summed E-state index contributed by atoms with van der Waals surface area (Å²) >= 11 is 0. The van der Waals surface area contributed by atoms with Gasteiger partial charge < -0.3 is 4.74 Å². The maximum atomic E-state index is 11.3. The molecule has 2 rings (SSSR count). The summed E-state index contributed by atoms with van der Waals surface area (Å²) in [6, 6.07) is 5.58. The number of ether oxygens (including phenoxy) is 1. The highest BCUT2D eigenvalue weighted by molar-refractivity contribution is 7.92. The number of hydrogen-bond acceptors (Lipinski definition) is 3. The van der Waals surface area contributed by atoms with Gasteiger partial charge in [0.25, 0.3) is 0 Å². The number of rotatable bonds is 5. The molecule has 1 aromatic carbocycles. The molecule has 0 unspecified atom stereocenters. The molecule has 18 heavy (non-hydrogen) atoms. The van der Waals surface area contributed by atoms with Crippen molar-refractivity contribution < 1.29 is 13.2 Å². The second-order valence-corrected chi connectivity index (χ2v) is 6.89. The Labute approximate surface area is 108 Å². The van der Waals surface area contributed by atoms with Gasteiger partial charge in [-0.1, -0.05) is 13.8 Å². The molecule has 0 spiro atoms. The molecule has 1 N–H and O–H groups in total. The predicted molar refractivity (Wildman–Crippen MR) is 72.6 cm³/mol. The number of sulfonamides is 1. The molecular weight excluding hydrogens is 250 g/mol. The smallest absolute Gasteiger partial charge is 0.229 e. The Morgan fingerprint density at radius 1 is 1.28 bits per heavy atom. The van der Waals surface area contributed by atoms with E-state index >= 15 is 0 Å². The molecule has 1 saturated carbocycles. The summed E-state index contributed by atoms with van der Waals surface area (Å²) < 4.78 is 30.8. The van der Waals surface area contributed by atoms with Crippen molar-refractivity contribution in [1.82, 2.24) is 0 Å². The molecule has 0 heterocycles. The molecule has 5 heteroatoms. The molecule has 1 aliphatic carbocycles. The minimum Gasteiger partial charge on any atom is -0.490 e. The van der Waals surface area contributed by atoms with Crippen LogP contribution in [0.4, 0.5) is 5.69 Å². The van der Waals surface area contributed by atoms with Crippen LogP contribution in [0.1, 0.15) is 38.2 Å². The molecule has 0 saturated heterocycles. The lowest BCUT2D eigenvalue weighted by molar-refractivity contribution is 0.303. The first-order valence-electron chi connectivity index (χ1n) is 6.13. The quantitative estimate of drug-likeness (QED) is 0.894. The predicted octanol–water partition coefficient (Wildman–Crippen LogP) is 2.72. The minimum absolute atomic E-state index is 0.304. The fourth-order valence-electron chi connectivity index (χ4n) is 1.67. The Bertz CT molecular complexity index is 533. The van der Waals surface area contributed by atoms with E-state index in [1.54, 1.807) is 6.07 Å². The standard InChI is InChI=1S/C13H19NO3S/c1-9(2)10-6-11(14-18(3,15)16)8-13(7-10)17-12-4-5-12/h6-9,12,14H,4-5H2,1-3H3. The van der Waals surface area contributed by atoms with Crippen LogP contribution >= 0.6 is 0 Å². The van der Waals surface area contributed by atoms with Gasteiger partial charge in [0.15, 0.2) is 0 Å². The molecule has 0 amide bonds. The molecule has 1 aliphatic rings. The fraction of sp³-hybridized carbons (Fsp3) is 0.538. The molecule has 100 valence electrons. The minimum atomic E-state index is -3.25. The van der Waals surface area contributed by atoms with Gasteiger partial charge in [0.1, 0.15) is 5.75 Å². The van der Waals surface area contributed by atoms with Gasteiger partial charge in [-0.15, -0.1) is 0 Å². The SMILES string of the molecule is CC(C)c1cc(NS(C)(=O)=O)cc(OC2CC2)c1. The summed E-state index contributed by atoms with van der Waals surface area (Å²) in [7, 11) is -3.25. The van der Waals surface area contributed by atoms with Crippen LogP contribution in [0.5, 0.6) is 5.75 Å². The average molecular weight is 269 g/mol. The van der Waals surface area contributed by atoms with Gasteiger partial charge in [-0.25, -0.2) is 8.42 Å². The van der Waals surface area contributed by atoms with E-state index in [1.165, 1.54) is 0 Å². The zero-order valence-electron chi connectivity index (χ0n) is 10.9. The Balaban J connectivity index is 2.29. The summed E-state index contributed by atoms with van der Waals surface area (Å²) in [4.78, 5) is 0. The van der Waals surface area contributed by atoms with Gasteiger partial charge in [-0.2, -0.15) is 0 Å². The zero-order valence-corrected chi connectivity index (χ0v) is 11.8. The molecule has 0 radical (unpaired) electrons. The lowest BCUT2D eigenvalue weighted by atomic mass is 10.0. The summed E-state index contributed by atoms with van der Waals surface area (Å²) in [5.74, 6) is 1.07. The highest BCUT2D eigenvalue weighted by Gasteiger charge is 2.24. The monoisotopic (exact) mass is 269 g/mol. The second-order valence-electron chi connectivity index (χ2n) is 5.14. The third-order valence-corrected chi connectivity index (χ3v) is 3.33. The lowest BCUT2D eigenvalue weighted by Gasteiger charge is -2.13. The van der Waals surface area contributed by atoms with Gasteiger partial charge in [-0.05, 0) is 36.5 Å². The van der Waals surface area contributed by atoms with Crippen molar-refractivity contribution in [1.29, 1.82) is 0 Å². The van der Waals surface area contributed by atoms with Crippen molar-refractivity contribution >= 4 is 15.7 Å². The molecule has 4 nitrogen and oxygen atoms in total. The van der Waals surface area contributed by atoms with Crippen molar-refractivity contribution in [3.05, 3.63) is 23.8 Å². The van der Waals surface area contributed by atoms with Gasteiger partial charge >= 0.3 is 0 Å². The van der Waals surface area contributed by atoms with Crippen LogP contribution in [0, 0.1) is 0 Å². The average Bonchev–Trinajstić information content (AvgIpc) is 2.98. The maximum Gasteiger partial charge on any atom is 0.229 e. The van der Waals surface area contributed by atoms with Gasteiger partial charge in [0.2, 0.25) is 10.0 Å². The molecule has 1 aromatic rings. The van der Waals surface area contributed by atoms with E-state index in [1.807, 2.05) is 12.1 Å². The molecule has 0 aromatic heterocycles. The van der Waals surface area contributed by atoms with Crippen LogP contribution in [0.15, 0.2) is 18.2 Å². The normalized spacial score (nSPS) is 15.8. The van der Waals surface area contributed by atoms with E-state index in [9.17, 15) is 8.42 Å². The number of hydrogen-bond donors (Lipinski definition) is 1. The second kappa shape index (κ2) is 4.80. The van der Waals surface area contributed by atoms with Crippen molar-refractivity contribution in [3.63, 3.8) is 0 Å². The summed E-state index contributed by atoms with van der Waals surface area (Å²) in [6.07, 6.45) is 3.62. The first-order valence-corrected chi connectivity index (χ1v) is 8.02. The third kappa shape index (κ3) is 3.91. The summed E-state index contributed by atoms with van der Waals surface area (Å²) in [5.41, 5.74) is 1.64. The molecule has 0 bridgehead atoms. The number of benzene rings is 1. The van der Waals surface area contributed by atoms with E-state index < -0.39 is 10.0 Å². The van der Waals surface area contributed by atoms with Crippen LogP contribution in [0.2, 0.25) is 0 Å². The van der Waals surface area contributed by atoms with Gasteiger partial charge in [0, 0.05) is 6.07 Å². The Kier molecular flexibility index (Phi) is 3.52. The van der Waals surface area contributed by atoms with E-state index in [-0.39, 0.29) is 0 Å². The van der Waals surface area contributed by atoms with Gasteiger partial charge in [-0.3, -0.25) is 4.72 Å². The molecule has 1 fully saturated rings. The van der Waals surface area contributed by atoms with Crippen molar-refractivity contribution in [2.75, 3.05) is 11.0 Å². The first kappa shape index (κ1) is 13.2.